The highest BCUT2D eigenvalue weighted by molar-refractivity contribution is 7.93. The van der Waals surface area contributed by atoms with Crippen LogP contribution in [0.5, 0.6) is 0 Å². The molecule has 0 N–H and O–H groups in total. The minimum absolute atomic E-state index is 0.0347. The number of sulfonamides is 1. The molecule has 1 spiro atoms. The van der Waals surface area contributed by atoms with Gasteiger partial charge in [-0.25, -0.2) is 16.8 Å². The number of rotatable bonds is 4. The molecule has 1 aliphatic heterocycles. The van der Waals surface area contributed by atoms with Crippen molar-refractivity contribution < 1.29 is 16.8 Å². The molecule has 0 amide bonds. The van der Waals surface area contributed by atoms with Gasteiger partial charge in [-0.3, -0.25) is 0 Å². The summed E-state index contributed by atoms with van der Waals surface area (Å²) in [7, 11) is -6.81. The molecule has 5 nitrogen and oxygen atoms in total. The number of sulfone groups is 1. The maximum absolute atomic E-state index is 12.4. The molecule has 0 unspecified atom stereocenters. The van der Waals surface area contributed by atoms with Crippen LogP contribution in [0.1, 0.15) is 24.0 Å². The molecule has 2 aliphatic rings. The van der Waals surface area contributed by atoms with Crippen molar-refractivity contribution in [2.75, 3.05) is 24.3 Å². The maximum Gasteiger partial charge on any atom is 0.215 e. The van der Waals surface area contributed by atoms with E-state index in [4.69, 9.17) is 0 Å². The number of hydrogen-bond donors (Lipinski definition) is 0. The molecular formula is C14H19NO4S2. The topological polar surface area (TPSA) is 71.5 Å². The van der Waals surface area contributed by atoms with E-state index >= 15 is 0 Å². The van der Waals surface area contributed by atoms with E-state index in [0.717, 1.165) is 24.7 Å². The molecule has 1 aliphatic carbocycles. The van der Waals surface area contributed by atoms with Crippen LogP contribution in [0, 0.1) is 0 Å². The lowest BCUT2D eigenvalue weighted by Gasteiger charge is -2.34. The predicted molar refractivity (Wildman–Crippen MR) is 81.3 cm³/mol. The minimum Gasteiger partial charge on any atom is -0.229 e. The average Bonchev–Trinajstić information content (AvgIpc) is 3.16. The first-order chi connectivity index (χ1) is 9.72. The second-order valence-electron chi connectivity index (χ2n) is 6.15. The van der Waals surface area contributed by atoms with Crippen LogP contribution >= 0.6 is 0 Å². The van der Waals surface area contributed by atoms with Gasteiger partial charge >= 0.3 is 0 Å². The van der Waals surface area contributed by atoms with Gasteiger partial charge in [-0.15, -0.1) is 0 Å². The summed E-state index contributed by atoms with van der Waals surface area (Å²) in [6, 6.07) is 7.96. The quantitative estimate of drug-likeness (QED) is 0.823. The fourth-order valence-corrected chi connectivity index (χ4v) is 6.10. The molecule has 1 aromatic rings. The summed E-state index contributed by atoms with van der Waals surface area (Å²) in [5.74, 6) is -0.648. The van der Waals surface area contributed by atoms with Gasteiger partial charge in [0.05, 0.1) is 11.5 Å². The van der Waals surface area contributed by atoms with Crippen LogP contribution in [0.3, 0.4) is 0 Å². The molecule has 0 saturated heterocycles. The fourth-order valence-electron chi connectivity index (χ4n) is 3.01. The van der Waals surface area contributed by atoms with Crippen molar-refractivity contribution in [1.82, 2.24) is 4.31 Å². The van der Waals surface area contributed by atoms with E-state index in [1.165, 1.54) is 9.87 Å². The van der Waals surface area contributed by atoms with Gasteiger partial charge in [0.25, 0.3) is 0 Å². The van der Waals surface area contributed by atoms with E-state index in [1.807, 2.05) is 18.2 Å². The van der Waals surface area contributed by atoms with E-state index < -0.39 is 19.9 Å². The zero-order valence-corrected chi connectivity index (χ0v) is 13.6. The zero-order chi connectivity index (χ0) is 15.3. The van der Waals surface area contributed by atoms with Crippen LogP contribution in [-0.4, -0.2) is 45.4 Å². The Morgan fingerprint density at radius 1 is 1.10 bits per heavy atom. The first kappa shape index (κ1) is 15.0. The van der Waals surface area contributed by atoms with Gasteiger partial charge in [-0.05, 0) is 24.0 Å². The smallest absolute Gasteiger partial charge is 0.215 e. The molecule has 3 rings (SSSR count). The molecular weight excluding hydrogens is 310 g/mol. The Bertz CT molecular complexity index is 764. The molecule has 0 bridgehead atoms. The van der Waals surface area contributed by atoms with Crippen molar-refractivity contribution in [2.24, 2.45) is 0 Å². The molecule has 0 radical (unpaired) electrons. The van der Waals surface area contributed by atoms with Crippen molar-refractivity contribution in [1.29, 1.82) is 0 Å². The van der Waals surface area contributed by atoms with E-state index in [-0.39, 0.29) is 16.9 Å². The van der Waals surface area contributed by atoms with E-state index in [9.17, 15) is 16.8 Å². The van der Waals surface area contributed by atoms with Crippen molar-refractivity contribution in [3.8, 4) is 0 Å². The lowest BCUT2D eigenvalue weighted by atomic mass is 9.88. The van der Waals surface area contributed by atoms with E-state index in [0.29, 0.717) is 13.1 Å². The number of fused-ring (bicyclic) bond motifs is 2. The molecule has 0 atom stereocenters. The number of benzene rings is 1. The summed E-state index contributed by atoms with van der Waals surface area (Å²) in [6.07, 6.45) is 3.07. The largest absolute Gasteiger partial charge is 0.229 e. The minimum atomic E-state index is -3.54. The highest BCUT2D eigenvalue weighted by atomic mass is 32.2. The summed E-state index contributed by atoms with van der Waals surface area (Å²) in [5, 5.41) is 0. The third kappa shape index (κ3) is 3.00. The number of nitrogens with zero attached hydrogens (tertiary/aromatic N) is 1. The molecule has 1 heterocycles. The summed E-state index contributed by atoms with van der Waals surface area (Å²) >= 11 is 0. The second-order valence-corrected chi connectivity index (χ2v) is 10.5. The monoisotopic (exact) mass is 329 g/mol. The van der Waals surface area contributed by atoms with Crippen LogP contribution in [0.25, 0.3) is 0 Å². The van der Waals surface area contributed by atoms with Gasteiger partial charge in [-0.1, -0.05) is 24.3 Å². The van der Waals surface area contributed by atoms with Crippen LogP contribution in [0.15, 0.2) is 24.3 Å². The Hall–Kier alpha value is -0.920. The molecule has 116 valence electrons. The Labute approximate surface area is 125 Å². The van der Waals surface area contributed by atoms with Crippen molar-refractivity contribution in [3.05, 3.63) is 35.4 Å². The normalized spacial score (nSPS) is 21.2. The van der Waals surface area contributed by atoms with Crippen LogP contribution in [-0.2, 0) is 31.8 Å². The van der Waals surface area contributed by atoms with Crippen LogP contribution in [0.2, 0.25) is 0 Å². The number of hydrogen-bond acceptors (Lipinski definition) is 4. The van der Waals surface area contributed by atoms with Crippen LogP contribution in [0.4, 0.5) is 0 Å². The Morgan fingerprint density at radius 2 is 1.76 bits per heavy atom. The van der Waals surface area contributed by atoms with E-state index in [2.05, 4.69) is 6.07 Å². The van der Waals surface area contributed by atoms with Gasteiger partial charge in [0, 0.05) is 24.8 Å². The zero-order valence-electron chi connectivity index (χ0n) is 11.9. The molecule has 1 fully saturated rings. The second kappa shape index (κ2) is 4.79. The summed E-state index contributed by atoms with van der Waals surface area (Å²) < 4.78 is 48.7. The summed E-state index contributed by atoms with van der Waals surface area (Å²) in [4.78, 5) is 0. The first-order valence-electron chi connectivity index (χ1n) is 6.96. The third-order valence-electron chi connectivity index (χ3n) is 4.37. The van der Waals surface area contributed by atoms with E-state index in [1.54, 1.807) is 0 Å². The van der Waals surface area contributed by atoms with Crippen molar-refractivity contribution in [3.63, 3.8) is 0 Å². The first-order valence-corrected chi connectivity index (χ1v) is 10.6. The van der Waals surface area contributed by atoms with Crippen LogP contribution < -0.4 is 0 Å². The summed E-state index contributed by atoms with van der Waals surface area (Å²) in [6.45, 7) is 0.833. The molecule has 7 heteroatoms. The van der Waals surface area contributed by atoms with Gasteiger partial charge in [-0.2, -0.15) is 4.31 Å². The van der Waals surface area contributed by atoms with Crippen molar-refractivity contribution in [2.45, 2.75) is 24.8 Å². The highest BCUT2D eigenvalue weighted by Crippen LogP contribution is 2.52. The van der Waals surface area contributed by atoms with Gasteiger partial charge in [0.1, 0.15) is 9.84 Å². The Morgan fingerprint density at radius 3 is 2.38 bits per heavy atom. The standard InChI is InChI=1S/C14H19NO4S2/c1-20(16,17)8-9-21(18,19)15-10-12-4-2-3-5-13(12)14(11-15)6-7-14/h2-5H,6-11H2,1H3. The van der Waals surface area contributed by atoms with Gasteiger partial charge in [0.15, 0.2) is 0 Å². The van der Waals surface area contributed by atoms with Gasteiger partial charge in [0.2, 0.25) is 10.0 Å². The van der Waals surface area contributed by atoms with Gasteiger partial charge < -0.3 is 0 Å². The average molecular weight is 329 g/mol. The summed E-state index contributed by atoms with van der Waals surface area (Å²) in [5.41, 5.74) is 2.27. The lowest BCUT2D eigenvalue weighted by molar-refractivity contribution is 0.345. The molecule has 21 heavy (non-hydrogen) atoms. The van der Waals surface area contributed by atoms with Crippen molar-refractivity contribution >= 4 is 19.9 Å². The SMILES string of the molecule is CS(=O)(=O)CCS(=O)(=O)N1Cc2ccccc2C2(CC2)C1. The predicted octanol–water partition coefficient (Wildman–Crippen LogP) is 0.908. The fraction of sp³-hybridized carbons (Fsp3) is 0.571. The Balaban J connectivity index is 1.86. The Kier molecular flexibility index (Phi) is 3.42. The molecule has 0 aromatic heterocycles. The highest BCUT2D eigenvalue weighted by Gasteiger charge is 2.50. The third-order valence-corrected chi connectivity index (χ3v) is 7.34. The molecule has 1 aromatic carbocycles. The molecule has 1 saturated carbocycles. The maximum atomic E-state index is 12.4. The lowest BCUT2D eigenvalue weighted by Crippen LogP contribution is -2.43.